The van der Waals surface area contributed by atoms with Gasteiger partial charge in [0.1, 0.15) is 4.90 Å². The molecule has 30 heavy (non-hydrogen) atoms. The Bertz CT molecular complexity index is 1220. The highest BCUT2D eigenvalue weighted by atomic mass is 32.2. The molecule has 0 radical (unpaired) electrons. The molecule has 0 aliphatic carbocycles. The zero-order chi connectivity index (χ0) is 21.5. The molecular formula is C20H23N7O2S. The minimum atomic E-state index is -3.69. The second kappa shape index (κ2) is 7.59. The summed E-state index contributed by atoms with van der Waals surface area (Å²) in [6.07, 6.45) is 6.95. The number of anilines is 1. The number of imidazole rings is 1. The molecule has 1 atom stereocenters. The highest BCUT2D eigenvalue weighted by Gasteiger charge is 2.34. The van der Waals surface area contributed by atoms with Gasteiger partial charge in [-0.1, -0.05) is 0 Å². The fraction of sp³-hybridized carbons (Fsp3) is 0.350. The second-order valence-electron chi connectivity index (χ2n) is 7.56. The number of sulfonamides is 1. The Morgan fingerprint density at radius 2 is 2.10 bits per heavy atom. The van der Waals surface area contributed by atoms with Gasteiger partial charge in [0.05, 0.1) is 36.4 Å². The average molecular weight is 426 g/mol. The standard InChI is InChI=1S/C20H23N7O2S/c1-24-14-22-9-18(24)12-27-11-17(7-16-6-15(8-21)4-5-20(16)27)26(3)30(28,29)19-10-23-25(2)13-19/h4-6,9-10,13-14,17H,7,11-12H2,1-3H3. The summed E-state index contributed by atoms with van der Waals surface area (Å²) in [5.41, 5.74) is 3.55. The van der Waals surface area contributed by atoms with Crippen molar-refractivity contribution in [2.75, 3.05) is 18.5 Å². The summed E-state index contributed by atoms with van der Waals surface area (Å²) < 4.78 is 31.1. The van der Waals surface area contributed by atoms with Crippen molar-refractivity contribution < 1.29 is 8.42 Å². The van der Waals surface area contributed by atoms with Crippen LogP contribution in [0.3, 0.4) is 0 Å². The van der Waals surface area contributed by atoms with Gasteiger partial charge in [-0.05, 0) is 30.2 Å². The first-order chi connectivity index (χ1) is 14.3. The fourth-order valence-electron chi connectivity index (χ4n) is 3.82. The number of aromatic nitrogens is 4. The number of benzene rings is 1. The third kappa shape index (κ3) is 3.58. The summed E-state index contributed by atoms with van der Waals surface area (Å²) in [5, 5.41) is 13.3. The van der Waals surface area contributed by atoms with E-state index in [-0.39, 0.29) is 10.9 Å². The number of likely N-dealkylation sites (N-methyl/N-ethyl adjacent to an activating group) is 1. The zero-order valence-corrected chi connectivity index (χ0v) is 17.9. The Labute approximate surface area is 175 Å². The van der Waals surface area contributed by atoms with Crippen molar-refractivity contribution in [1.82, 2.24) is 23.6 Å². The van der Waals surface area contributed by atoms with Gasteiger partial charge in [-0.15, -0.1) is 0 Å². The van der Waals surface area contributed by atoms with Gasteiger partial charge in [0.25, 0.3) is 0 Å². The number of fused-ring (bicyclic) bond motifs is 1. The van der Waals surface area contributed by atoms with Gasteiger partial charge in [-0.2, -0.15) is 14.7 Å². The normalized spacial score (nSPS) is 16.5. The van der Waals surface area contributed by atoms with Gasteiger partial charge in [0.15, 0.2) is 0 Å². The number of hydrogen-bond donors (Lipinski definition) is 0. The Balaban J connectivity index is 1.69. The molecule has 3 aromatic rings. The molecule has 0 spiro atoms. The van der Waals surface area contributed by atoms with E-state index in [1.807, 2.05) is 29.9 Å². The van der Waals surface area contributed by atoms with Crippen LogP contribution in [0.4, 0.5) is 5.69 Å². The quantitative estimate of drug-likeness (QED) is 0.610. The first kappa shape index (κ1) is 20.1. The number of aryl methyl sites for hydroxylation is 2. The molecule has 0 amide bonds. The van der Waals surface area contributed by atoms with E-state index in [0.29, 0.717) is 25.1 Å². The van der Waals surface area contributed by atoms with Crippen LogP contribution in [-0.4, -0.2) is 51.7 Å². The lowest BCUT2D eigenvalue weighted by atomic mass is 9.96. The van der Waals surface area contributed by atoms with Crippen molar-refractivity contribution in [2.45, 2.75) is 23.9 Å². The zero-order valence-electron chi connectivity index (χ0n) is 17.1. The first-order valence-corrected chi connectivity index (χ1v) is 10.9. The SMILES string of the molecule is CN(C1Cc2cc(C#N)ccc2N(Cc2cncn2C)C1)S(=O)(=O)c1cnn(C)c1. The van der Waals surface area contributed by atoms with Crippen LogP contribution in [0.25, 0.3) is 0 Å². The molecule has 1 unspecified atom stereocenters. The minimum absolute atomic E-state index is 0.169. The molecule has 9 nitrogen and oxygen atoms in total. The van der Waals surface area contributed by atoms with Gasteiger partial charge < -0.3 is 9.47 Å². The molecule has 1 aromatic carbocycles. The summed E-state index contributed by atoms with van der Waals surface area (Å²) in [7, 11) is 1.54. The summed E-state index contributed by atoms with van der Waals surface area (Å²) in [4.78, 5) is 6.50. The molecule has 1 aliphatic heterocycles. The van der Waals surface area contributed by atoms with Crippen molar-refractivity contribution >= 4 is 15.7 Å². The van der Waals surface area contributed by atoms with Crippen LogP contribution in [-0.2, 0) is 37.1 Å². The Kier molecular flexibility index (Phi) is 5.09. The van der Waals surface area contributed by atoms with Crippen LogP contribution < -0.4 is 4.90 Å². The maximum Gasteiger partial charge on any atom is 0.246 e. The van der Waals surface area contributed by atoms with Crippen LogP contribution in [0.15, 0.2) is 48.0 Å². The van der Waals surface area contributed by atoms with Gasteiger partial charge in [-0.25, -0.2) is 13.4 Å². The average Bonchev–Trinajstić information content (AvgIpc) is 3.35. The lowest BCUT2D eigenvalue weighted by molar-refractivity contribution is 0.354. The van der Waals surface area contributed by atoms with Crippen LogP contribution >= 0.6 is 0 Å². The molecular weight excluding hydrogens is 402 g/mol. The monoisotopic (exact) mass is 425 g/mol. The number of rotatable bonds is 5. The van der Waals surface area contributed by atoms with Crippen molar-refractivity contribution in [3.05, 3.63) is 59.9 Å². The van der Waals surface area contributed by atoms with E-state index in [9.17, 15) is 13.7 Å². The molecule has 156 valence electrons. The van der Waals surface area contributed by atoms with Gasteiger partial charge >= 0.3 is 0 Å². The molecule has 0 saturated carbocycles. The number of nitriles is 1. The Hall–Kier alpha value is -3.16. The largest absolute Gasteiger partial charge is 0.364 e. The van der Waals surface area contributed by atoms with E-state index in [2.05, 4.69) is 21.1 Å². The van der Waals surface area contributed by atoms with Crippen LogP contribution in [0.5, 0.6) is 0 Å². The maximum atomic E-state index is 13.1. The van der Waals surface area contributed by atoms with E-state index < -0.39 is 10.0 Å². The van der Waals surface area contributed by atoms with Gasteiger partial charge in [0.2, 0.25) is 10.0 Å². The summed E-state index contributed by atoms with van der Waals surface area (Å²) in [6.45, 7) is 1.12. The molecule has 3 heterocycles. The highest BCUT2D eigenvalue weighted by molar-refractivity contribution is 7.89. The van der Waals surface area contributed by atoms with E-state index in [1.165, 1.54) is 21.4 Å². The first-order valence-electron chi connectivity index (χ1n) is 9.49. The van der Waals surface area contributed by atoms with Crippen molar-refractivity contribution in [2.24, 2.45) is 14.1 Å². The van der Waals surface area contributed by atoms with Crippen LogP contribution in [0.1, 0.15) is 16.8 Å². The summed E-state index contributed by atoms with van der Waals surface area (Å²) in [6, 6.07) is 7.47. The molecule has 0 saturated heterocycles. The lowest BCUT2D eigenvalue weighted by Gasteiger charge is -2.39. The number of hydrogen-bond acceptors (Lipinski definition) is 6. The van der Waals surface area contributed by atoms with Crippen molar-refractivity contribution in [3.63, 3.8) is 0 Å². The maximum absolute atomic E-state index is 13.1. The van der Waals surface area contributed by atoms with Crippen molar-refractivity contribution in [3.8, 4) is 6.07 Å². The highest BCUT2D eigenvalue weighted by Crippen LogP contribution is 2.32. The summed E-state index contributed by atoms with van der Waals surface area (Å²) in [5.74, 6) is 0. The van der Waals surface area contributed by atoms with Gasteiger partial charge in [0, 0.05) is 51.8 Å². The van der Waals surface area contributed by atoms with Crippen LogP contribution in [0, 0.1) is 11.3 Å². The van der Waals surface area contributed by atoms with E-state index >= 15 is 0 Å². The molecule has 1 aliphatic rings. The van der Waals surface area contributed by atoms with Gasteiger partial charge in [-0.3, -0.25) is 4.68 Å². The minimum Gasteiger partial charge on any atom is -0.364 e. The smallest absolute Gasteiger partial charge is 0.246 e. The molecule has 4 rings (SSSR count). The van der Waals surface area contributed by atoms with Crippen molar-refractivity contribution in [1.29, 1.82) is 5.26 Å². The Morgan fingerprint density at radius 3 is 2.73 bits per heavy atom. The van der Waals surface area contributed by atoms with E-state index in [0.717, 1.165) is 16.9 Å². The molecule has 0 bridgehead atoms. The molecule has 0 fully saturated rings. The van der Waals surface area contributed by atoms with E-state index in [1.54, 1.807) is 26.5 Å². The second-order valence-corrected chi connectivity index (χ2v) is 9.56. The predicted molar refractivity (Wildman–Crippen MR) is 111 cm³/mol. The topological polar surface area (TPSA) is 100 Å². The summed E-state index contributed by atoms with van der Waals surface area (Å²) >= 11 is 0. The number of nitrogens with zero attached hydrogens (tertiary/aromatic N) is 7. The van der Waals surface area contributed by atoms with E-state index in [4.69, 9.17) is 0 Å². The molecule has 2 aromatic heterocycles. The molecule has 10 heteroatoms. The third-order valence-electron chi connectivity index (χ3n) is 5.58. The van der Waals surface area contributed by atoms with Crippen LogP contribution in [0.2, 0.25) is 0 Å². The molecule has 0 N–H and O–H groups in total. The lowest BCUT2D eigenvalue weighted by Crippen LogP contribution is -2.49. The fourth-order valence-corrected chi connectivity index (χ4v) is 5.15. The third-order valence-corrected chi connectivity index (χ3v) is 7.44. The Morgan fingerprint density at radius 1 is 1.30 bits per heavy atom. The predicted octanol–water partition coefficient (Wildman–Crippen LogP) is 1.28.